The molecular formula is C15H22N6O2. The molecule has 0 saturated carbocycles. The summed E-state index contributed by atoms with van der Waals surface area (Å²) in [5.41, 5.74) is 1.55. The first-order valence-electron chi connectivity index (χ1n) is 8.19. The Balaban J connectivity index is 1.49. The topological polar surface area (TPSA) is 88.2 Å². The Morgan fingerprint density at radius 2 is 2.13 bits per heavy atom. The molecule has 23 heavy (non-hydrogen) atoms. The summed E-state index contributed by atoms with van der Waals surface area (Å²) in [6, 6.07) is 0.425. The molecule has 0 unspecified atom stereocenters. The van der Waals surface area contributed by atoms with Gasteiger partial charge in [-0.2, -0.15) is 0 Å². The van der Waals surface area contributed by atoms with E-state index in [1.807, 2.05) is 0 Å². The Labute approximate surface area is 134 Å². The van der Waals surface area contributed by atoms with E-state index in [0.717, 1.165) is 63.8 Å². The quantitative estimate of drug-likeness (QED) is 0.830. The van der Waals surface area contributed by atoms with Crippen molar-refractivity contribution >= 4 is 17.0 Å². The molecule has 2 atom stereocenters. The van der Waals surface area contributed by atoms with Crippen LogP contribution in [0.25, 0.3) is 11.2 Å². The largest absolute Gasteiger partial charge is 0.381 e. The fraction of sp³-hybridized carbons (Fsp3) is 0.667. The summed E-state index contributed by atoms with van der Waals surface area (Å²) in [6.07, 6.45) is 4.32. The number of aromatic amines is 1. The third-order valence-electron chi connectivity index (χ3n) is 4.73. The van der Waals surface area contributed by atoms with Gasteiger partial charge in [-0.25, -0.2) is 15.0 Å². The van der Waals surface area contributed by atoms with Gasteiger partial charge in [0.15, 0.2) is 11.5 Å². The maximum atomic E-state index is 5.61. The molecule has 0 spiro atoms. The number of nitrogens with zero attached hydrogens (tertiary/aromatic N) is 4. The van der Waals surface area contributed by atoms with Crippen LogP contribution < -0.4 is 5.32 Å². The predicted molar refractivity (Wildman–Crippen MR) is 85.3 cm³/mol. The maximum absolute atomic E-state index is 5.61. The van der Waals surface area contributed by atoms with Crippen LogP contribution in [-0.4, -0.2) is 76.9 Å². The number of hydrogen-bond donors (Lipinski definition) is 2. The van der Waals surface area contributed by atoms with E-state index in [-0.39, 0.29) is 0 Å². The fourth-order valence-electron chi connectivity index (χ4n) is 3.46. The number of ether oxygens (including phenoxy) is 2. The average molecular weight is 318 g/mol. The standard InChI is InChI=1S/C15H22N6O2/c1-4-23-8-11(1)12(21-2-5-22-6-3-21)7-16-14-13-15(18-9-17-13)20-10-19-14/h9-12H,1-8H2,(H2,16,17,18,19,20)/t11-,12+/m1/s1. The first kappa shape index (κ1) is 14.8. The molecule has 0 bridgehead atoms. The Morgan fingerprint density at radius 1 is 1.22 bits per heavy atom. The molecule has 4 rings (SSSR count). The minimum atomic E-state index is 0.425. The van der Waals surface area contributed by atoms with Gasteiger partial charge in [-0.3, -0.25) is 4.90 Å². The number of anilines is 1. The van der Waals surface area contributed by atoms with Crippen molar-refractivity contribution in [3.63, 3.8) is 0 Å². The van der Waals surface area contributed by atoms with Gasteiger partial charge in [-0.05, 0) is 6.42 Å². The molecule has 124 valence electrons. The zero-order valence-corrected chi connectivity index (χ0v) is 13.1. The van der Waals surface area contributed by atoms with Crippen LogP contribution in [0.1, 0.15) is 6.42 Å². The fourth-order valence-corrected chi connectivity index (χ4v) is 3.46. The number of fused-ring (bicyclic) bond motifs is 1. The normalized spacial score (nSPS) is 24.1. The highest BCUT2D eigenvalue weighted by Gasteiger charge is 2.31. The van der Waals surface area contributed by atoms with Crippen molar-refractivity contribution in [3.8, 4) is 0 Å². The second kappa shape index (κ2) is 6.77. The number of H-pyrrole nitrogens is 1. The molecule has 0 aliphatic carbocycles. The smallest absolute Gasteiger partial charge is 0.182 e. The molecular weight excluding hydrogens is 296 g/mol. The lowest BCUT2D eigenvalue weighted by Crippen LogP contribution is -2.50. The summed E-state index contributed by atoms with van der Waals surface area (Å²) in [7, 11) is 0. The summed E-state index contributed by atoms with van der Waals surface area (Å²) in [4.78, 5) is 18.3. The van der Waals surface area contributed by atoms with E-state index in [9.17, 15) is 0 Å². The van der Waals surface area contributed by atoms with E-state index >= 15 is 0 Å². The Hall–Kier alpha value is -1.77. The number of morpholine rings is 1. The molecule has 8 nitrogen and oxygen atoms in total. The summed E-state index contributed by atoms with van der Waals surface area (Å²) in [5.74, 6) is 1.37. The number of rotatable bonds is 5. The molecule has 0 radical (unpaired) electrons. The van der Waals surface area contributed by atoms with Crippen molar-refractivity contribution in [1.82, 2.24) is 24.8 Å². The van der Waals surface area contributed by atoms with Crippen LogP contribution in [0.15, 0.2) is 12.7 Å². The summed E-state index contributed by atoms with van der Waals surface area (Å²) in [5, 5.41) is 3.49. The Kier molecular flexibility index (Phi) is 4.36. The molecule has 0 aromatic carbocycles. The van der Waals surface area contributed by atoms with Gasteiger partial charge in [0.05, 0.1) is 26.1 Å². The van der Waals surface area contributed by atoms with Crippen molar-refractivity contribution in [3.05, 3.63) is 12.7 Å². The molecule has 2 saturated heterocycles. The van der Waals surface area contributed by atoms with Crippen LogP contribution in [0.2, 0.25) is 0 Å². The van der Waals surface area contributed by atoms with E-state index in [2.05, 4.69) is 30.2 Å². The SMILES string of the molecule is c1nc(NC[C@@H]([C@@H]2CCOC2)N2CCOCC2)c2[nH]cnc2n1. The van der Waals surface area contributed by atoms with Crippen molar-refractivity contribution in [2.45, 2.75) is 12.5 Å². The summed E-state index contributed by atoms with van der Waals surface area (Å²) >= 11 is 0. The maximum Gasteiger partial charge on any atom is 0.182 e. The number of imidazole rings is 1. The first-order chi connectivity index (χ1) is 11.4. The van der Waals surface area contributed by atoms with Gasteiger partial charge < -0.3 is 19.8 Å². The summed E-state index contributed by atoms with van der Waals surface area (Å²) < 4.78 is 11.1. The average Bonchev–Trinajstić information content (AvgIpc) is 3.28. The van der Waals surface area contributed by atoms with Crippen LogP contribution in [0.5, 0.6) is 0 Å². The van der Waals surface area contributed by atoms with Crippen LogP contribution in [0.3, 0.4) is 0 Å². The van der Waals surface area contributed by atoms with Crippen LogP contribution in [-0.2, 0) is 9.47 Å². The highest BCUT2D eigenvalue weighted by molar-refractivity contribution is 5.81. The van der Waals surface area contributed by atoms with Gasteiger partial charge in [0.25, 0.3) is 0 Å². The molecule has 2 aliphatic rings. The van der Waals surface area contributed by atoms with E-state index in [4.69, 9.17) is 9.47 Å². The van der Waals surface area contributed by atoms with Gasteiger partial charge in [0.1, 0.15) is 11.8 Å². The lowest BCUT2D eigenvalue weighted by Gasteiger charge is -2.37. The van der Waals surface area contributed by atoms with Crippen molar-refractivity contribution in [2.75, 3.05) is 51.4 Å². The Morgan fingerprint density at radius 3 is 2.96 bits per heavy atom. The van der Waals surface area contributed by atoms with Gasteiger partial charge in [0.2, 0.25) is 0 Å². The highest BCUT2D eigenvalue weighted by atomic mass is 16.5. The van der Waals surface area contributed by atoms with Gasteiger partial charge in [0, 0.05) is 38.2 Å². The monoisotopic (exact) mass is 318 g/mol. The second-order valence-electron chi connectivity index (χ2n) is 6.04. The number of aromatic nitrogens is 4. The third kappa shape index (κ3) is 3.15. The van der Waals surface area contributed by atoms with E-state index < -0.39 is 0 Å². The Bertz CT molecular complexity index is 636. The molecule has 2 aromatic rings. The lowest BCUT2D eigenvalue weighted by atomic mass is 9.97. The van der Waals surface area contributed by atoms with Gasteiger partial charge in [-0.15, -0.1) is 0 Å². The molecule has 2 N–H and O–H groups in total. The molecule has 2 aromatic heterocycles. The van der Waals surface area contributed by atoms with Gasteiger partial charge in [-0.1, -0.05) is 0 Å². The number of hydrogen-bond acceptors (Lipinski definition) is 7. The molecule has 8 heteroatoms. The molecule has 2 fully saturated rings. The molecule has 4 heterocycles. The van der Waals surface area contributed by atoms with E-state index in [1.165, 1.54) is 0 Å². The van der Waals surface area contributed by atoms with Crippen molar-refractivity contribution in [2.24, 2.45) is 5.92 Å². The minimum Gasteiger partial charge on any atom is -0.381 e. The second-order valence-corrected chi connectivity index (χ2v) is 6.04. The molecule has 0 amide bonds. The minimum absolute atomic E-state index is 0.425. The van der Waals surface area contributed by atoms with E-state index in [0.29, 0.717) is 17.6 Å². The van der Waals surface area contributed by atoms with Crippen LogP contribution in [0.4, 0.5) is 5.82 Å². The zero-order chi connectivity index (χ0) is 15.5. The first-order valence-corrected chi connectivity index (χ1v) is 8.19. The highest BCUT2D eigenvalue weighted by Crippen LogP contribution is 2.23. The van der Waals surface area contributed by atoms with Crippen molar-refractivity contribution in [1.29, 1.82) is 0 Å². The van der Waals surface area contributed by atoms with E-state index in [1.54, 1.807) is 12.7 Å². The van der Waals surface area contributed by atoms with Gasteiger partial charge >= 0.3 is 0 Å². The summed E-state index contributed by atoms with van der Waals surface area (Å²) in [6.45, 7) is 6.11. The number of nitrogens with one attached hydrogen (secondary N) is 2. The molecule has 2 aliphatic heterocycles. The predicted octanol–water partition coefficient (Wildman–Crippen LogP) is 0.502. The van der Waals surface area contributed by atoms with Crippen LogP contribution >= 0.6 is 0 Å². The van der Waals surface area contributed by atoms with Crippen LogP contribution in [0, 0.1) is 5.92 Å². The third-order valence-corrected chi connectivity index (χ3v) is 4.73. The lowest BCUT2D eigenvalue weighted by molar-refractivity contribution is 0.00460. The zero-order valence-electron chi connectivity index (χ0n) is 13.1. The van der Waals surface area contributed by atoms with Crippen molar-refractivity contribution < 1.29 is 9.47 Å².